The van der Waals surface area contributed by atoms with Crippen molar-refractivity contribution >= 4 is 21.6 Å². The quantitative estimate of drug-likeness (QED) is 0.744. The van der Waals surface area contributed by atoms with Crippen molar-refractivity contribution in [3.05, 3.63) is 58.1 Å². The molecule has 0 radical (unpaired) electrons. The summed E-state index contributed by atoms with van der Waals surface area (Å²) in [5.74, 6) is -0.0138. The van der Waals surface area contributed by atoms with Gasteiger partial charge >= 0.3 is 0 Å². The Kier molecular flexibility index (Phi) is 7.06. The lowest BCUT2D eigenvalue weighted by atomic mass is 9.95. The van der Waals surface area contributed by atoms with E-state index in [1.54, 1.807) is 0 Å². The fourth-order valence-corrected chi connectivity index (χ4v) is 5.87. The summed E-state index contributed by atoms with van der Waals surface area (Å²) >= 11 is 0. The Morgan fingerprint density at radius 2 is 1.35 bits per heavy atom. The molecular weight excluding hydrogens is 410 g/mol. The molecule has 1 heterocycles. The number of carbonyl (C=O) groups is 1. The van der Waals surface area contributed by atoms with Gasteiger partial charge in [0.25, 0.3) is 0 Å². The van der Waals surface area contributed by atoms with E-state index in [-0.39, 0.29) is 18.9 Å². The van der Waals surface area contributed by atoms with E-state index >= 15 is 0 Å². The fourth-order valence-electron chi connectivity index (χ4n) is 4.24. The molecule has 1 aliphatic heterocycles. The maximum Gasteiger partial charge on any atom is 0.241 e. The number of nitrogens with one attached hydrogen (secondary N) is 1. The van der Waals surface area contributed by atoms with Gasteiger partial charge in [-0.25, -0.2) is 13.1 Å². The van der Waals surface area contributed by atoms with Crippen LogP contribution in [0.1, 0.15) is 34.2 Å². The summed E-state index contributed by atoms with van der Waals surface area (Å²) in [6.07, 6.45) is 0.159. The molecule has 1 aliphatic rings. The van der Waals surface area contributed by atoms with E-state index in [0.29, 0.717) is 18.0 Å². The van der Waals surface area contributed by atoms with Gasteiger partial charge in [0, 0.05) is 44.8 Å². The molecule has 31 heavy (non-hydrogen) atoms. The summed E-state index contributed by atoms with van der Waals surface area (Å²) in [7, 11) is -3.68. The van der Waals surface area contributed by atoms with Gasteiger partial charge in [0.05, 0.1) is 4.90 Å². The van der Waals surface area contributed by atoms with Gasteiger partial charge in [-0.3, -0.25) is 4.79 Å². The number of amides is 1. The topological polar surface area (TPSA) is 69.7 Å². The van der Waals surface area contributed by atoms with Crippen molar-refractivity contribution in [1.82, 2.24) is 9.62 Å². The minimum absolute atomic E-state index is 0.0138. The number of sulfonamides is 1. The molecule has 1 fully saturated rings. The number of hydrogen-bond donors (Lipinski definition) is 1. The number of para-hydroxylation sites is 1. The molecule has 168 valence electrons. The first-order valence-corrected chi connectivity index (χ1v) is 12.3. The van der Waals surface area contributed by atoms with Crippen molar-refractivity contribution in [2.75, 3.05) is 37.6 Å². The number of benzene rings is 2. The third-order valence-corrected chi connectivity index (χ3v) is 8.32. The van der Waals surface area contributed by atoms with Gasteiger partial charge in [-0.2, -0.15) is 0 Å². The van der Waals surface area contributed by atoms with Crippen molar-refractivity contribution in [2.24, 2.45) is 0 Å². The molecule has 6 nitrogen and oxygen atoms in total. The first-order valence-electron chi connectivity index (χ1n) is 10.8. The predicted octanol–water partition coefficient (Wildman–Crippen LogP) is 3.25. The minimum atomic E-state index is -3.68. The van der Waals surface area contributed by atoms with Crippen LogP contribution in [0.15, 0.2) is 35.2 Å². The van der Waals surface area contributed by atoms with Crippen molar-refractivity contribution < 1.29 is 13.2 Å². The highest BCUT2D eigenvalue weighted by molar-refractivity contribution is 7.89. The average Bonchev–Trinajstić information content (AvgIpc) is 2.77. The lowest BCUT2D eigenvalue weighted by Gasteiger charge is -2.36. The normalized spacial score (nSPS) is 14.7. The van der Waals surface area contributed by atoms with Crippen LogP contribution in [0.5, 0.6) is 0 Å². The lowest BCUT2D eigenvalue weighted by Crippen LogP contribution is -2.49. The standard InChI is InChI=1S/C24H33N3O3S/c1-17-18(2)20(4)24(21(5)19(17)3)31(29,30)25-12-11-23(28)27-15-13-26(14-16-27)22-9-7-6-8-10-22/h6-10,25H,11-16H2,1-5H3. The molecule has 1 amide bonds. The molecule has 1 N–H and O–H groups in total. The van der Waals surface area contributed by atoms with E-state index in [1.165, 1.54) is 0 Å². The Morgan fingerprint density at radius 3 is 1.90 bits per heavy atom. The molecule has 0 aliphatic carbocycles. The maximum absolute atomic E-state index is 13.0. The number of piperazine rings is 1. The Hall–Kier alpha value is -2.38. The Bertz CT molecular complexity index is 1030. The molecule has 3 rings (SSSR count). The fraction of sp³-hybridized carbons (Fsp3) is 0.458. The van der Waals surface area contributed by atoms with Gasteiger partial charge in [0.15, 0.2) is 0 Å². The van der Waals surface area contributed by atoms with E-state index in [4.69, 9.17) is 0 Å². The highest BCUT2D eigenvalue weighted by Gasteiger charge is 2.25. The zero-order valence-electron chi connectivity index (χ0n) is 19.2. The van der Waals surface area contributed by atoms with Gasteiger partial charge < -0.3 is 9.80 Å². The molecule has 1 saturated heterocycles. The van der Waals surface area contributed by atoms with E-state index in [9.17, 15) is 13.2 Å². The van der Waals surface area contributed by atoms with Crippen LogP contribution in [0.3, 0.4) is 0 Å². The Labute approximate surface area is 186 Å². The number of anilines is 1. The van der Waals surface area contributed by atoms with Crippen LogP contribution in [-0.4, -0.2) is 51.9 Å². The summed E-state index contributed by atoms with van der Waals surface area (Å²) in [4.78, 5) is 17.1. The number of rotatable bonds is 6. The van der Waals surface area contributed by atoms with Gasteiger partial charge in [-0.15, -0.1) is 0 Å². The van der Waals surface area contributed by atoms with Crippen LogP contribution in [0.25, 0.3) is 0 Å². The lowest BCUT2D eigenvalue weighted by molar-refractivity contribution is -0.131. The van der Waals surface area contributed by atoms with E-state index in [0.717, 1.165) is 46.6 Å². The summed E-state index contributed by atoms with van der Waals surface area (Å²) in [6.45, 7) is 12.6. The van der Waals surface area contributed by atoms with Crippen LogP contribution in [0.4, 0.5) is 5.69 Å². The molecule has 0 atom stereocenters. The molecule has 0 saturated carbocycles. The zero-order valence-corrected chi connectivity index (χ0v) is 20.0. The smallest absolute Gasteiger partial charge is 0.241 e. The molecular formula is C24H33N3O3S. The second kappa shape index (κ2) is 9.40. The van der Waals surface area contributed by atoms with Crippen LogP contribution < -0.4 is 9.62 Å². The summed E-state index contributed by atoms with van der Waals surface area (Å²) in [5.41, 5.74) is 5.83. The predicted molar refractivity (Wildman–Crippen MR) is 125 cm³/mol. The third-order valence-electron chi connectivity index (χ3n) is 6.58. The number of carbonyl (C=O) groups excluding carboxylic acids is 1. The van der Waals surface area contributed by atoms with Crippen LogP contribution in [-0.2, 0) is 14.8 Å². The monoisotopic (exact) mass is 443 g/mol. The van der Waals surface area contributed by atoms with Gasteiger partial charge in [0.1, 0.15) is 0 Å². The second-order valence-corrected chi connectivity index (χ2v) is 10.0. The van der Waals surface area contributed by atoms with E-state index in [1.807, 2.05) is 57.7 Å². The molecule has 2 aromatic rings. The molecule has 2 aromatic carbocycles. The number of hydrogen-bond acceptors (Lipinski definition) is 4. The van der Waals surface area contributed by atoms with Gasteiger partial charge in [0.2, 0.25) is 15.9 Å². The summed E-state index contributed by atoms with van der Waals surface area (Å²) in [5, 5.41) is 0. The second-order valence-electron chi connectivity index (χ2n) is 8.31. The van der Waals surface area contributed by atoms with Crippen molar-refractivity contribution in [2.45, 2.75) is 45.9 Å². The van der Waals surface area contributed by atoms with Crippen molar-refractivity contribution in [3.63, 3.8) is 0 Å². The van der Waals surface area contributed by atoms with Crippen LogP contribution in [0, 0.1) is 34.6 Å². The van der Waals surface area contributed by atoms with Crippen molar-refractivity contribution in [1.29, 1.82) is 0 Å². The van der Waals surface area contributed by atoms with E-state index < -0.39 is 10.0 Å². The SMILES string of the molecule is Cc1c(C)c(C)c(S(=O)(=O)NCCC(=O)N2CCN(c3ccccc3)CC2)c(C)c1C. The maximum atomic E-state index is 13.0. The molecule has 0 bridgehead atoms. The number of nitrogens with zero attached hydrogens (tertiary/aromatic N) is 2. The highest BCUT2D eigenvalue weighted by atomic mass is 32.2. The van der Waals surface area contributed by atoms with Crippen LogP contribution in [0.2, 0.25) is 0 Å². The van der Waals surface area contributed by atoms with Crippen molar-refractivity contribution in [3.8, 4) is 0 Å². The Morgan fingerprint density at radius 1 is 0.839 bits per heavy atom. The average molecular weight is 444 g/mol. The molecule has 0 spiro atoms. The summed E-state index contributed by atoms with van der Waals surface area (Å²) in [6, 6.07) is 10.2. The molecule has 7 heteroatoms. The third kappa shape index (κ3) is 4.93. The molecule has 0 unspecified atom stereocenters. The van der Waals surface area contributed by atoms with Gasteiger partial charge in [-0.05, 0) is 74.6 Å². The van der Waals surface area contributed by atoms with Gasteiger partial charge in [-0.1, -0.05) is 18.2 Å². The zero-order chi connectivity index (χ0) is 22.8. The first kappa shape index (κ1) is 23.3. The first-order chi connectivity index (χ1) is 14.6. The summed E-state index contributed by atoms with van der Waals surface area (Å²) < 4.78 is 28.7. The molecule has 0 aromatic heterocycles. The van der Waals surface area contributed by atoms with Crippen LogP contribution >= 0.6 is 0 Å². The minimum Gasteiger partial charge on any atom is -0.368 e. The Balaban J connectivity index is 1.57. The highest BCUT2D eigenvalue weighted by Crippen LogP contribution is 2.29. The van der Waals surface area contributed by atoms with E-state index in [2.05, 4.69) is 21.8 Å². The largest absolute Gasteiger partial charge is 0.368 e.